The number of pyridine rings is 1. The van der Waals surface area contributed by atoms with Crippen molar-refractivity contribution in [1.29, 1.82) is 0 Å². The normalized spacial score (nSPS) is 10.4. The Labute approximate surface area is 152 Å². The average Bonchev–Trinajstić information content (AvgIpc) is 2.65. The molecule has 1 aromatic heterocycles. The number of carbonyl (C=O) groups is 2. The third kappa shape index (κ3) is 4.25. The zero-order valence-corrected chi connectivity index (χ0v) is 14.1. The molecule has 132 valence electrons. The van der Waals surface area contributed by atoms with Crippen molar-refractivity contribution in [3.63, 3.8) is 0 Å². The van der Waals surface area contributed by atoms with Gasteiger partial charge in [-0.25, -0.2) is 9.37 Å². The Morgan fingerprint density at radius 2 is 1.88 bits per heavy atom. The number of amides is 2. The minimum atomic E-state index is -0.612. The zero-order valence-electron chi connectivity index (χ0n) is 13.3. The lowest BCUT2D eigenvalue weighted by Gasteiger charge is -2.10. The fourth-order valence-electron chi connectivity index (χ4n) is 2.15. The Morgan fingerprint density at radius 1 is 1.08 bits per heavy atom. The molecule has 0 aliphatic rings. The van der Waals surface area contributed by atoms with Gasteiger partial charge in [0, 0.05) is 5.39 Å². The van der Waals surface area contributed by atoms with Gasteiger partial charge in [-0.1, -0.05) is 35.9 Å². The van der Waals surface area contributed by atoms with Gasteiger partial charge < -0.3 is 4.74 Å². The number of aromatic nitrogens is 1. The van der Waals surface area contributed by atoms with Gasteiger partial charge in [-0.05, 0) is 30.3 Å². The monoisotopic (exact) mass is 373 g/mol. The molecule has 2 aromatic carbocycles. The first-order chi connectivity index (χ1) is 12.5. The van der Waals surface area contributed by atoms with E-state index in [2.05, 4.69) is 15.8 Å². The van der Waals surface area contributed by atoms with Crippen LogP contribution in [0.1, 0.15) is 10.5 Å². The fourth-order valence-corrected chi connectivity index (χ4v) is 2.38. The number of para-hydroxylation sites is 1. The molecule has 0 bridgehead atoms. The molecular formula is C18H13ClFN3O3. The maximum Gasteiger partial charge on any atom is 0.288 e. The van der Waals surface area contributed by atoms with Crippen molar-refractivity contribution in [2.75, 3.05) is 6.61 Å². The van der Waals surface area contributed by atoms with Crippen molar-refractivity contribution in [2.24, 2.45) is 0 Å². The van der Waals surface area contributed by atoms with Crippen LogP contribution in [0.5, 0.6) is 5.75 Å². The lowest BCUT2D eigenvalue weighted by Crippen LogP contribution is -2.44. The predicted octanol–water partition coefficient (Wildman–Crippen LogP) is 2.87. The second-order valence-corrected chi connectivity index (χ2v) is 5.66. The summed E-state index contributed by atoms with van der Waals surface area (Å²) in [4.78, 5) is 28.0. The first kappa shape index (κ1) is 17.6. The molecule has 2 amide bonds. The molecule has 0 atom stereocenters. The summed E-state index contributed by atoms with van der Waals surface area (Å²) in [5.41, 5.74) is 5.29. The SMILES string of the molecule is O=C(COc1ccc(F)cc1Cl)NNC(=O)c1ccc2ccccc2n1. The van der Waals surface area contributed by atoms with E-state index in [1.165, 1.54) is 6.07 Å². The molecule has 8 heteroatoms. The number of hydrogen-bond donors (Lipinski definition) is 2. The number of nitrogens with one attached hydrogen (secondary N) is 2. The lowest BCUT2D eigenvalue weighted by molar-refractivity contribution is -0.123. The Balaban J connectivity index is 1.54. The highest BCUT2D eigenvalue weighted by Crippen LogP contribution is 2.24. The second kappa shape index (κ2) is 7.79. The minimum Gasteiger partial charge on any atom is -0.482 e. The van der Waals surface area contributed by atoms with Crippen molar-refractivity contribution in [2.45, 2.75) is 0 Å². The van der Waals surface area contributed by atoms with Gasteiger partial charge in [-0.15, -0.1) is 0 Å². The Hall–Kier alpha value is -3.19. The van der Waals surface area contributed by atoms with E-state index >= 15 is 0 Å². The number of carbonyl (C=O) groups excluding carboxylic acids is 2. The van der Waals surface area contributed by atoms with Crippen LogP contribution in [0.15, 0.2) is 54.6 Å². The number of rotatable bonds is 4. The molecule has 0 aliphatic carbocycles. The third-order valence-electron chi connectivity index (χ3n) is 3.40. The molecule has 3 rings (SSSR count). The molecule has 0 aliphatic heterocycles. The molecule has 0 unspecified atom stereocenters. The van der Waals surface area contributed by atoms with Crippen LogP contribution in [-0.4, -0.2) is 23.4 Å². The number of nitrogens with zero attached hydrogens (tertiary/aromatic N) is 1. The van der Waals surface area contributed by atoms with Gasteiger partial charge >= 0.3 is 0 Å². The Bertz CT molecular complexity index is 981. The summed E-state index contributed by atoms with van der Waals surface area (Å²) >= 11 is 5.79. The summed E-state index contributed by atoms with van der Waals surface area (Å²) in [5, 5.41) is 0.944. The van der Waals surface area contributed by atoms with Crippen LogP contribution in [-0.2, 0) is 4.79 Å². The summed E-state index contributed by atoms with van der Waals surface area (Å²) < 4.78 is 18.1. The summed E-state index contributed by atoms with van der Waals surface area (Å²) in [7, 11) is 0. The van der Waals surface area contributed by atoms with Crippen LogP contribution < -0.4 is 15.6 Å². The standard InChI is InChI=1S/C18H13ClFN3O3/c19-13-9-12(20)6-8-16(13)26-10-17(24)22-23-18(25)15-7-5-11-3-1-2-4-14(11)21-15/h1-9H,10H2,(H,22,24)(H,23,25). The highest BCUT2D eigenvalue weighted by molar-refractivity contribution is 6.32. The van der Waals surface area contributed by atoms with E-state index in [0.717, 1.165) is 17.5 Å². The third-order valence-corrected chi connectivity index (χ3v) is 3.69. The number of halogens is 2. The first-order valence-corrected chi connectivity index (χ1v) is 7.93. The van der Waals surface area contributed by atoms with Crippen molar-refractivity contribution < 1.29 is 18.7 Å². The van der Waals surface area contributed by atoms with Crippen molar-refractivity contribution in [1.82, 2.24) is 15.8 Å². The van der Waals surface area contributed by atoms with E-state index < -0.39 is 24.2 Å². The summed E-state index contributed by atoms with van der Waals surface area (Å²) in [6.45, 7) is -0.406. The van der Waals surface area contributed by atoms with Gasteiger partial charge in [0.2, 0.25) is 0 Å². The summed E-state index contributed by atoms with van der Waals surface area (Å²) in [5.74, 6) is -1.53. The van der Waals surface area contributed by atoms with Crippen LogP contribution in [0.25, 0.3) is 10.9 Å². The minimum absolute atomic E-state index is 0.0437. The van der Waals surface area contributed by atoms with E-state index in [9.17, 15) is 14.0 Å². The molecule has 0 radical (unpaired) electrons. The van der Waals surface area contributed by atoms with Crippen molar-refractivity contribution in [3.05, 3.63) is 71.1 Å². The van der Waals surface area contributed by atoms with Gasteiger partial charge in [-0.3, -0.25) is 20.4 Å². The molecule has 0 saturated heterocycles. The topological polar surface area (TPSA) is 80.3 Å². The van der Waals surface area contributed by atoms with Crippen LogP contribution >= 0.6 is 11.6 Å². The molecule has 1 heterocycles. The van der Waals surface area contributed by atoms with E-state index in [4.69, 9.17) is 16.3 Å². The first-order valence-electron chi connectivity index (χ1n) is 7.56. The number of fused-ring (bicyclic) bond motifs is 1. The van der Waals surface area contributed by atoms with Crippen LogP contribution in [0.2, 0.25) is 5.02 Å². The molecule has 26 heavy (non-hydrogen) atoms. The highest BCUT2D eigenvalue weighted by Gasteiger charge is 2.11. The number of hydrogen-bond acceptors (Lipinski definition) is 4. The number of benzene rings is 2. The largest absolute Gasteiger partial charge is 0.482 e. The second-order valence-electron chi connectivity index (χ2n) is 5.25. The van der Waals surface area contributed by atoms with Gasteiger partial charge in [0.1, 0.15) is 17.3 Å². The Kier molecular flexibility index (Phi) is 5.28. The molecule has 2 N–H and O–H groups in total. The molecule has 3 aromatic rings. The van der Waals surface area contributed by atoms with E-state index in [-0.39, 0.29) is 16.5 Å². The summed E-state index contributed by atoms with van der Waals surface area (Å²) in [6, 6.07) is 14.2. The molecule has 0 spiro atoms. The van der Waals surface area contributed by atoms with E-state index in [1.807, 2.05) is 18.2 Å². The van der Waals surface area contributed by atoms with E-state index in [0.29, 0.717) is 5.52 Å². The zero-order chi connectivity index (χ0) is 18.5. The van der Waals surface area contributed by atoms with Gasteiger partial charge in [0.05, 0.1) is 10.5 Å². The van der Waals surface area contributed by atoms with E-state index in [1.54, 1.807) is 18.2 Å². The van der Waals surface area contributed by atoms with Gasteiger partial charge in [-0.2, -0.15) is 0 Å². The predicted molar refractivity (Wildman–Crippen MR) is 94.3 cm³/mol. The van der Waals surface area contributed by atoms with Gasteiger partial charge in [0.15, 0.2) is 6.61 Å². The Morgan fingerprint density at radius 3 is 2.69 bits per heavy atom. The van der Waals surface area contributed by atoms with Crippen LogP contribution in [0.4, 0.5) is 4.39 Å². The highest BCUT2D eigenvalue weighted by atomic mass is 35.5. The fraction of sp³-hybridized carbons (Fsp3) is 0.0556. The van der Waals surface area contributed by atoms with Crippen LogP contribution in [0.3, 0.4) is 0 Å². The molecular weight excluding hydrogens is 361 g/mol. The number of ether oxygens (including phenoxy) is 1. The molecule has 0 fully saturated rings. The quantitative estimate of drug-likeness (QED) is 0.689. The van der Waals surface area contributed by atoms with Crippen molar-refractivity contribution in [3.8, 4) is 5.75 Å². The summed E-state index contributed by atoms with van der Waals surface area (Å²) in [6.07, 6.45) is 0. The average molecular weight is 374 g/mol. The maximum atomic E-state index is 12.9. The van der Waals surface area contributed by atoms with Crippen LogP contribution in [0, 0.1) is 5.82 Å². The molecule has 0 saturated carbocycles. The number of hydrazine groups is 1. The van der Waals surface area contributed by atoms with Gasteiger partial charge in [0.25, 0.3) is 11.8 Å². The maximum absolute atomic E-state index is 12.9. The lowest BCUT2D eigenvalue weighted by atomic mass is 10.2. The smallest absolute Gasteiger partial charge is 0.288 e. The van der Waals surface area contributed by atoms with Crippen molar-refractivity contribution >= 4 is 34.3 Å². The molecule has 6 nitrogen and oxygen atoms in total.